The molecule has 0 bridgehead atoms. The van der Waals surface area contributed by atoms with Gasteiger partial charge in [0.1, 0.15) is 11.4 Å². The number of rotatable bonds is 5. The van der Waals surface area contributed by atoms with E-state index in [1.807, 2.05) is 6.92 Å². The summed E-state index contributed by atoms with van der Waals surface area (Å²) in [7, 11) is 0. The summed E-state index contributed by atoms with van der Waals surface area (Å²) in [5.74, 6) is 1.17. The van der Waals surface area contributed by atoms with Gasteiger partial charge in [0.2, 0.25) is 5.91 Å². The van der Waals surface area contributed by atoms with Gasteiger partial charge in [0.15, 0.2) is 0 Å². The van der Waals surface area contributed by atoms with E-state index in [4.69, 9.17) is 0 Å². The van der Waals surface area contributed by atoms with Crippen LogP contribution in [0.2, 0.25) is 0 Å². The fourth-order valence-corrected chi connectivity index (χ4v) is 5.97. The molecule has 2 atom stereocenters. The average molecular weight is 449 g/mol. The summed E-state index contributed by atoms with van der Waals surface area (Å²) in [4.78, 5) is 20.1. The molecule has 1 aliphatic carbocycles. The van der Waals surface area contributed by atoms with Crippen LogP contribution in [0, 0.1) is 12.8 Å². The van der Waals surface area contributed by atoms with Crippen molar-refractivity contribution in [1.82, 2.24) is 20.1 Å². The number of nitrogens with one attached hydrogen (secondary N) is 1. The van der Waals surface area contributed by atoms with Crippen LogP contribution in [0.5, 0.6) is 0 Å². The van der Waals surface area contributed by atoms with Crippen molar-refractivity contribution in [2.75, 3.05) is 13.1 Å². The molecule has 1 N–H and O–H groups in total. The van der Waals surface area contributed by atoms with Crippen LogP contribution in [-0.2, 0) is 11.2 Å². The van der Waals surface area contributed by atoms with Crippen LogP contribution in [-0.4, -0.2) is 39.1 Å². The summed E-state index contributed by atoms with van der Waals surface area (Å²) in [6.07, 6.45) is 6.55. The SMILES string of the molecule is CCc1ccc(C2CC(c3cc(-c4csc(C)n4)n[nH]3)CN(C(=O)C3CCCC3)C2)cc1. The van der Waals surface area contributed by atoms with Crippen LogP contribution < -0.4 is 0 Å². The van der Waals surface area contributed by atoms with Crippen LogP contribution in [0.25, 0.3) is 11.4 Å². The Bertz CT molecular complexity index is 1060. The number of aromatic nitrogens is 3. The second kappa shape index (κ2) is 9.18. The zero-order valence-electron chi connectivity index (χ0n) is 19.0. The van der Waals surface area contributed by atoms with Gasteiger partial charge in [0, 0.05) is 41.9 Å². The molecule has 2 unspecified atom stereocenters. The molecule has 1 aromatic carbocycles. The lowest BCUT2D eigenvalue weighted by Crippen LogP contribution is -2.44. The number of carbonyl (C=O) groups excluding carboxylic acids is 1. The van der Waals surface area contributed by atoms with Gasteiger partial charge in [-0.25, -0.2) is 4.98 Å². The van der Waals surface area contributed by atoms with Crippen molar-refractivity contribution in [2.24, 2.45) is 5.92 Å². The summed E-state index contributed by atoms with van der Waals surface area (Å²) in [6, 6.07) is 11.1. The Kier molecular flexibility index (Phi) is 6.13. The number of thiazole rings is 1. The lowest BCUT2D eigenvalue weighted by Gasteiger charge is -2.39. The van der Waals surface area contributed by atoms with Crippen LogP contribution in [0.3, 0.4) is 0 Å². The summed E-state index contributed by atoms with van der Waals surface area (Å²) >= 11 is 1.65. The molecule has 3 aromatic rings. The molecule has 32 heavy (non-hydrogen) atoms. The van der Waals surface area contributed by atoms with E-state index < -0.39 is 0 Å². The van der Waals surface area contributed by atoms with E-state index in [1.54, 1.807) is 11.3 Å². The highest BCUT2D eigenvalue weighted by molar-refractivity contribution is 7.09. The number of hydrogen-bond acceptors (Lipinski definition) is 4. The Balaban J connectivity index is 1.41. The number of benzene rings is 1. The first kappa shape index (κ1) is 21.4. The second-order valence-corrected chi connectivity index (χ2v) is 10.5. The highest BCUT2D eigenvalue weighted by atomic mass is 32.1. The van der Waals surface area contributed by atoms with Crippen molar-refractivity contribution >= 4 is 17.2 Å². The van der Waals surface area contributed by atoms with Gasteiger partial charge in [-0.1, -0.05) is 44.0 Å². The van der Waals surface area contributed by atoms with E-state index in [0.29, 0.717) is 11.8 Å². The zero-order valence-corrected chi connectivity index (χ0v) is 19.8. The van der Waals surface area contributed by atoms with Crippen molar-refractivity contribution in [3.63, 3.8) is 0 Å². The van der Waals surface area contributed by atoms with Crippen LogP contribution in [0.15, 0.2) is 35.7 Å². The summed E-state index contributed by atoms with van der Waals surface area (Å²) in [6.45, 7) is 5.80. The van der Waals surface area contributed by atoms with Gasteiger partial charge in [-0.15, -0.1) is 11.3 Å². The molecule has 1 saturated heterocycles. The first-order chi connectivity index (χ1) is 15.6. The van der Waals surface area contributed by atoms with Crippen LogP contribution in [0.1, 0.15) is 72.7 Å². The number of H-pyrrole nitrogens is 1. The van der Waals surface area contributed by atoms with E-state index in [9.17, 15) is 4.79 Å². The largest absolute Gasteiger partial charge is 0.341 e. The topological polar surface area (TPSA) is 61.9 Å². The van der Waals surface area contributed by atoms with Gasteiger partial charge in [-0.3, -0.25) is 9.89 Å². The van der Waals surface area contributed by atoms with E-state index in [1.165, 1.54) is 24.0 Å². The summed E-state index contributed by atoms with van der Waals surface area (Å²) in [5.41, 5.74) is 5.64. The Hall–Kier alpha value is -2.47. The van der Waals surface area contributed by atoms with Crippen molar-refractivity contribution in [3.8, 4) is 11.4 Å². The summed E-state index contributed by atoms with van der Waals surface area (Å²) in [5, 5.41) is 10.9. The quantitative estimate of drug-likeness (QED) is 0.545. The average Bonchev–Trinajstić information content (AvgIpc) is 3.60. The highest BCUT2D eigenvalue weighted by Gasteiger charge is 2.36. The number of nitrogens with zero attached hydrogens (tertiary/aromatic N) is 3. The lowest BCUT2D eigenvalue weighted by molar-refractivity contribution is -0.137. The fraction of sp³-hybridized carbons (Fsp3) is 0.500. The maximum Gasteiger partial charge on any atom is 0.225 e. The minimum atomic E-state index is 0.215. The Morgan fingerprint density at radius 3 is 2.56 bits per heavy atom. The molecule has 2 aromatic heterocycles. The third kappa shape index (κ3) is 4.38. The monoisotopic (exact) mass is 448 g/mol. The smallest absolute Gasteiger partial charge is 0.225 e. The molecule has 5 nitrogen and oxygen atoms in total. The maximum absolute atomic E-state index is 13.4. The van der Waals surface area contributed by atoms with Gasteiger partial charge < -0.3 is 4.90 Å². The fourth-order valence-electron chi connectivity index (χ4n) is 5.36. The molecular weight excluding hydrogens is 416 g/mol. The first-order valence-electron chi connectivity index (χ1n) is 12.0. The molecule has 1 saturated carbocycles. The number of likely N-dealkylation sites (tertiary alicyclic amines) is 1. The number of piperidine rings is 1. The standard InChI is InChI=1S/C26H32N4OS/c1-3-18-8-10-19(11-9-18)21-12-22(15-30(14-21)26(31)20-6-4-5-7-20)23-13-24(29-28-23)25-16-32-17(2)27-25/h8-11,13,16,20-22H,3-7,12,14-15H2,1-2H3,(H,28,29). The molecule has 5 rings (SSSR count). The van der Waals surface area contributed by atoms with Gasteiger partial charge in [0.05, 0.1) is 5.01 Å². The van der Waals surface area contributed by atoms with Gasteiger partial charge in [0.25, 0.3) is 0 Å². The molecule has 168 valence electrons. The number of amides is 1. The zero-order chi connectivity index (χ0) is 22.1. The number of aromatic amines is 1. The Labute approximate surface area is 194 Å². The first-order valence-corrected chi connectivity index (χ1v) is 12.8. The van der Waals surface area contributed by atoms with Gasteiger partial charge in [-0.2, -0.15) is 5.10 Å². The van der Waals surface area contributed by atoms with Gasteiger partial charge in [-0.05, 0) is 49.8 Å². The molecule has 2 fully saturated rings. The predicted molar refractivity (Wildman–Crippen MR) is 129 cm³/mol. The minimum absolute atomic E-state index is 0.215. The second-order valence-electron chi connectivity index (χ2n) is 9.41. The van der Waals surface area contributed by atoms with E-state index in [-0.39, 0.29) is 11.8 Å². The van der Waals surface area contributed by atoms with Crippen molar-refractivity contribution in [3.05, 3.63) is 57.5 Å². The van der Waals surface area contributed by atoms with Gasteiger partial charge >= 0.3 is 0 Å². The number of hydrogen-bond donors (Lipinski definition) is 1. The van der Waals surface area contributed by atoms with Crippen LogP contribution in [0.4, 0.5) is 0 Å². The van der Waals surface area contributed by atoms with E-state index >= 15 is 0 Å². The number of aryl methyl sites for hydroxylation is 2. The Morgan fingerprint density at radius 2 is 1.88 bits per heavy atom. The molecule has 6 heteroatoms. The number of carbonyl (C=O) groups is 1. The highest BCUT2D eigenvalue weighted by Crippen LogP contribution is 2.38. The van der Waals surface area contributed by atoms with Crippen molar-refractivity contribution in [2.45, 2.75) is 64.2 Å². The van der Waals surface area contributed by atoms with Crippen LogP contribution >= 0.6 is 11.3 Å². The van der Waals surface area contributed by atoms with Crippen molar-refractivity contribution in [1.29, 1.82) is 0 Å². The Morgan fingerprint density at radius 1 is 1.12 bits per heavy atom. The lowest BCUT2D eigenvalue weighted by atomic mass is 9.82. The minimum Gasteiger partial charge on any atom is -0.341 e. The maximum atomic E-state index is 13.4. The molecule has 2 aliphatic rings. The van der Waals surface area contributed by atoms with E-state index in [2.05, 4.69) is 62.7 Å². The van der Waals surface area contributed by atoms with Crippen molar-refractivity contribution < 1.29 is 4.79 Å². The molecule has 3 heterocycles. The van der Waals surface area contributed by atoms with E-state index in [0.717, 1.165) is 60.9 Å². The molecule has 0 spiro atoms. The molecule has 1 amide bonds. The third-order valence-electron chi connectivity index (χ3n) is 7.24. The predicted octanol–water partition coefficient (Wildman–Crippen LogP) is 5.69. The molecular formula is C26H32N4OS. The molecule has 0 radical (unpaired) electrons. The molecule has 1 aliphatic heterocycles. The third-order valence-corrected chi connectivity index (χ3v) is 8.02. The normalized spacial score (nSPS) is 21.9. The summed E-state index contributed by atoms with van der Waals surface area (Å²) < 4.78 is 0.